The number of halogens is 1. The maximum atomic E-state index is 12.3. The van der Waals surface area contributed by atoms with Gasteiger partial charge < -0.3 is 19.5 Å². The number of amides is 1. The first-order chi connectivity index (χ1) is 13.7. The van der Waals surface area contributed by atoms with Crippen molar-refractivity contribution < 1.29 is 19.0 Å². The lowest BCUT2D eigenvalue weighted by Gasteiger charge is -2.12. The van der Waals surface area contributed by atoms with E-state index in [0.717, 1.165) is 24.5 Å². The molecular weight excluding hydrogens is 378 g/mol. The zero-order valence-electron chi connectivity index (χ0n) is 16.1. The first kappa shape index (κ1) is 20.5. The van der Waals surface area contributed by atoms with Crippen LogP contribution in [0.4, 0.5) is 0 Å². The molecule has 0 unspecified atom stereocenters. The minimum atomic E-state index is -0.134. The summed E-state index contributed by atoms with van der Waals surface area (Å²) in [6.45, 7) is 2.50. The van der Waals surface area contributed by atoms with Crippen molar-refractivity contribution in [1.82, 2.24) is 5.32 Å². The molecule has 0 radical (unpaired) electrons. The van der Waals surface area contributed by atoms with Crippen molar-refractivity contribution in [3.8, 4) is 11.5 Å². The predicted octanol–water partition coefficient (Wildman–Crippen LogP) is 4.47. The highest BCUT2D eigenvalue weighted by atomic mass is 35.5. The molecule has 3 rings (SSSR count). The van der Waals surface area contributed by atoms with Gasteiger partial charge in [0.2, 0.25) is 0 Å². The summed E-state index contributed by atoms with van der Waals surface area (Å²) in [7, 11) is 1.56. The molecule has 1 N–H and O–H groups in total. The minimum absolute atomic E-state index is 0.134. The fourth-order valence-corrected chi connectivity index (χ4v) is 2.81. The van der Waals surface area contributed by atoms with Crippen molar-refractivity contribution >= 4 is 17.5 Å². The van der Waals surface area contributed by atoms with Gasteiger partial charge in [0.05, 0.1) is 7.11 Å². The molecule has 1 amide bonds. The molecule has 150 valence electrons. The van der Waals surface area contributed by atoms with E-state index in [0.29, 0.717) is 41.8 Å². The molecule has 1 aliphatic carbocycles. The van der Waals surface area contributed by atoms with Gasteiger partial charge in [-0.2, -0.15) is 0 Å². The lowest BCUT2D eigenvalue weighted by molar-refractivity contribution is 0.0937. The van der Waals surface area contributed by atoms with E-state index < -0.39 is 0 Å². The highest BCUT2D eigenvalue weighted by Gasteiger charge is 2.20. The summed E-state index contributed by atoms with van der Waals surface area (Å²) in [5.74, 6) is 1.74. The van der Waals surface area contributed by atoms with Gasteiger partial charge in [-0.15, -0.1) is 0 Å². The van der Waals surface area contributed by atoms with Crippen LogP contribution in [-0.2, 0) is 11.3 Å². The molecule has 1 saturated carbocycles. The van der Waals surface area contributed by atoms with Crippen LogP contribution < -0.4 is 14.8 Å². The largest absolute Gasteiger partial charge is 0.493 e. The molecule has 0 heterocycles. The quantitative estimate of drug-likeness (QED) is 0.562. The smallest absolute Gasteiger partial charge is 0.251 e. The fraction of sp³-hybridized carbons (Fsp3) is 0.409. The van der Waals surface area contributed by atoms with Crippen molar-refractivity contribution in [3.63, 3.8) is 0 Å². The molecule has 0 saturated heterocycles. The molecule has 6 heteroatoms. The number of carbonyl (C=O) groups excluding carboxylic acids is 1. The molecule has 2 aromatic carbocycles. The Labute approximate surface area is 170 Å². The van der Waals surface area contributed by atoms with E-state index in [1.54, 1.807) is 25.3 Å². The average Bonchev–Trinajstić information content (AvgIpc) is 3.54. The first-order valence-corrected chi connectivity index (χ1v) is 9.94. The van der Waals surface area contributed by atoms with Crippen LogP contribution in [0.15, 0.2) is 42.5 Å². The zero-order chi connectivity index (χ0) is 19.8. The second-order valence-corrected chi connectivity index (χ2v) is 7.34. The van der Waals surface area contributed by atoms with Crippen molar-refractivity contribution in [2.75, 3.05) is 26.9 Å². The Morgan fingerprint density at radius 3 is 2.64 bits per heavy atom. The minimum Gasteiger partial charge on any atom is -0.493 e. The third-order valence-electron chi connectivity index (χ3n) is 4.53. The standard InChI is InChI=1S/C22H26ClNO4/c1-26-21-13-18(22(25)24-11-2-12-27-14-16-3-4-16)7-10-20(21)28-15-17-5-8-19(23)9-6-17/h5-10,13,16H,2-4,11-12,14-15H2,1H3,(H,24,25). The molecule has 28 heavy (non-hydrogen) atoms. The number of ether oxygens (including phenoxy) is 3. The number of benzene rings is 2. The van der Waals surface area contributed by atoms with Gasteiger partial charge in [-0.3, -0.25) is 4.79 Å². The second-order valence-electron chi connectivity index (χ2n) is 6.91. The predicted molar refractivity (Wildman–Crippen MR) is 109 cm³/mol. The highest BCUT2D eigenvalue weighted by molar-refractivity contribution is 6.30. The second kappa shape index (κ2) is 10.3. The van der Waals surface area contributed by atoms with Crippen LogP contribution in [0.5, 0.6) is 11.5 Å². The van der Waals surface area contributed by atoms with Crippen LogP contribution >= 0.6 is 11.6 Å². The van der Waals surface area contributed by atoms with Crippen molar-refractivity contribution in [3.05, 3.63) is 58.6 Å². The molecular formula is C22H26ClNO4. The number of hydrogen-bond acceptors (Lipinski definition) is 4. The molecule has 1 fully saturated rings. The van der Waals surface area contributed by atoms with Crippen molar-refractivity contribution in [1.29, 1.82) is 0 Å². The van der Waals surface area contributed by atoms with Gasteiger partial charge in [-0.1, -0.05) is 23.7 Å². The summed E-state index contributed by atoms with van der Waals surface area (Å²) in [6.07, 6.45) is 3.38. The molecule has 0 aliphatic heterocycles. The Morgan fingerprint density at radius 2 is 1.93 bits per heavy atom. The summed E-state index contributed by atoms with van der Waals surface area (Å²) in [4.78, 5) is 12.3. The molecule has 0 bridgehead atoms. The Balaban J connectivity index is 1.46. The normalized spacial score (nSPS) is 13.2. The molecule has 0 aromatic heterocycles. The molecule has 0 spiro atoms. The summed E-state index contributed by atoms with van der Waals surface area (Å²) in [5, 5.41) is 3.60. The maximum absolute atomic E-state index is 12.3. The number of rotatable bonds is 11. The van der Waals surface area contributed by atoms with E-state index in [1.807, 2.05) is 24.3 Å². The van der Waals surface area contributed by atoms with E-state index in [2.05, 4.69) is 5.32 Å². The van der Waals surface area contributed by atoms with Crippen LogP contribution in [-0.4, -0.2) is 32.8 Å². The third kappa shape index (κ3) is 6.43. The zero-order valence-corrected chi connectivity index (χ0v) is 16.8. The van der Waals surface area contributed by atoms with Gasteiger partial charge in [0, 0.05) is 30.3 Å². The number of carbonyl (C=O) groups is 1. The maximum Gasteiger partial charge on any atom is 0.251 e. The van der Waals surface area contributed by atoms with E-state index in [9.17, 15) is 4.79 Å². The van der Waals surface area contributed by atoms with Crippen LogP contribution in [0.2, 0.25) is 5.02 Å². The van der Waals surface area contributed by atoms with Crippen LogP contribution in [0.25, 0.3) is 0 Å². The summed E-state index contributed by atoms with van der Waals surface area (Å²) >= 11 is 5.89. The van der Waals surface area contributed by atoms with Crippen molar-refractivity contribution in [2.45, 2.75) is 25.9 Å². The molecule has 1 aliphatic rings. The van der Waals surface area contributed by atoms with Gasteiger partial charge in [-0.25, -0.2) is 0 Å². The summed E-state index contributed by atoms with van der Waals surface area (Å²) < 4.78 is 16.8. The topological polar surface area (TPSA) is 56.8 Å². The van der Waals surface area contributed by atoms with Crippen LogP contribution in [0, 0.1) is 5.92 Å². The Morgan fingerprint density at radius 1 is 1.14 bits per heavy atom. The monoisotopic (exact) mass is 403 g/mol. The third-order valence-corrected chi connectivity index (χ3v) is 4.79. The summed E-state index contributed by atoms with van der Waals surface area (Å²) in [6, 6.07) is 12.6. The highest BCUT2D eigenvalue weighted by Crippen LogP contribution is 2.29. The molecule has 5 nitrogen and oxygen atoms in total. The fourth-order valence-electron chi connectivity index (χ4n) is 2.68. The van der Waals surface area contributed by atoms with Gasteiger partial charge in [0.1, 0.15) is 6.61 Å². The average molecular weight is 404 g/mol. The van der Waals surface area contributed by atoms with E-state index in [1.165, 1.54) is 12.8 Å². The Hall–Kier alpha value is -2.24. The van der Waals surface area contributed by atoms with E-state index in [4.69, 9.17) is 25.8 Å². The van der Waals surface area contributed by atoms with Gasteiger partial charge >= 0.3 is 0 Å². The van der Waals surface area contributed by atoms with Gasteiger partial charge in [-0.05, 0) is 61.1 Å². The number of nitrogens with one attached hydrogen (secondary N) is 1. The molecule has 0 atom stereocenters. The van der Waals surface area contributed by atoms with Crippen molar-refractivity contribution in [2.24, 2.45) is 5.92 Å². The first-order valence-electron chi connectivity index (χ1n) is 9.57. The lowest BCUT2D eigenvalue weighted by Crippen LogP contribution is -2.25. The Kier molecular flexibility index (Phi) is 7.57. The molecule has 2 aromatic rings. The van der Waals surface area contributed by atoms with Gasteiger partial charge in [0.25, 0.3) is 5.91 Å². The Bertz CT molecular complexity index is 775. The van der Waals surface area contributed by atoms with Crippen LogP contribution in [0.1, 0.15) is 35.2 Å². The van der Waals surface area contributed by atoms with Gasteiger partial charge in [0.15, 0.2) is 11.5 Å². The summed E-state index contributed by atoms with van der Waals surface area (Å²) in [5.41, 5.74) is 1.53. The SMILES string of the molecule is COc1cc(C(=O)NCCCOCC2CC2)ccc1OCc1ccc(Cl)cc1. The van der Waals surface area contributed by atoms with E-state index in [-0.39, 0.29) is 5.91 Å². The van der Waals surface area contributed by atoms with E-state index >= 15 is 0 Å². The number of methoxy groups -OCH3 is 1. The van der Waals surface area contributed by atoms with Crippen LogP contribution in [0.3, 0.4) is 0 Å². The number of hydrogen-bond donors (Lipinski definition) is 1. The lowest BCUT2D eigenvalue weighted by atomic mass is 10.2.